The SMILES string of the molecule is CCOC(=O)c1nn(CCN)c(CC)c1Cc1ccc(F)cc1.O=C(O)C(F)(F)F. The van der Waals surface area contributed by atoms with E-state index in [1.165, 1.54) is 12.1 Å². The van der Waals surface area contributed by atoms with Crippen molar-refractivity contribution in [3.63, 3.8) is 0 Å². The molecule has 0 aliphatic rings. The van der Waals surface area contributed by atoms with E-state index < -0.39 is 18.1 Å². The molecule has 0 atom stereocenters. The molecule has 0 aliphatic carbocycles. The molecule has 0 saturated carbocycles. The third-order valence-electron chi connectivity index (χ3n) is 3.85. The van der Waals surface area contributed by atoms with Gasteiger partial charge in [0.15, 0.2) is 5.69 Å². The van der Waals surface area contributed by atoms with E-state index in [1.54, 1.807) is 23.7 Å². The normalized spacial score (nSPS) is 10.9. The molecule has 0 saturated heterocycles. The fourth-order valence-corrected chi connectivity index (χ4v) is 2.59. The molecule has 1 aromatic heterocycles. The van der Waals surface area contributed by atoms with Crippen molar-refractivity contribution in [1.29, 1.82) is 0 Å². The summed E-state index contributed by atoms with van der Waals surface area (Å²) in [7, 11) is 0. The lowest BCUT2D eigenvalue weighted by molar-refractivity contribution is -0.192. The molecule has 0 unspecified atom stereocenters. The van der Waals surface area contributed by atoms with E-state index in [9.17, 15) is 22.4 Å². The number of rotatable bonds is 7. The first-order valence-electron chi connectivity index (χ1n) is 9.05. The van der Waals surface area contributed by atoms with Crippen molar-refractivity contribution >= 4 is 11.9 Å². The van der Waals surface area contributed by atoms with Gasteiger partial charge in [-0.2, -0.15) is 18.3 Å². The highest BCUT2D eigenvalue weighted by Crippen LogP contribution is 2.21. The summed E-state index contributed by atoms with van der Waals surface area (Å²) in [5.74, 6) is -3.48. The van der Waals surface area contributed by atoms with Gasteiger partial charge < -0.3 is 15.6 Å². The number of aliphatic carboxylic acids is 1. The Bertz CT molecular complexity index is 849. The second-order valence-corrected chi connectivity index (χ2v) is 5.97. The number of halogens is 4. The van der Waals surface area contributed by atoms with Gasteiger partial charge in [0.05, 0.1) is 13.2 Å². The Labute approximate surface area is 170 Å². The van der Waals surface area contributed by atoms with Crippen LogP contribution in [0.4, 0.5) is 17.6 Å². The van der Waals surface area contributed by atoms with Crippen molar-refractivity contribution in [1.82, 2.24) is 9.78 Å². The molecule has 30 heavy (non-hydrogen) atoms. The van der Waals surface area contributed by atoms with Gasteiger partial charge in [-0.1, -0.05) is 19.1 Å². The summed E-state index contributed by atoms with van der Waals surface area (Å²) in [6.07, 6.45) is -3.86. The summed E-state index contributed by atoms with van der Waals surface area (Å²) < 4.78 is 51.7. The van der Waals surface area contributed by atoms with Gasteiger partial charge in [0.2, 0.25) is 0 Å². The summed E-state index contributed by atoms with van der Waals surface area (Å²) in [6.45, 7) is 5.04. The number of esters is 1. The summed E-state index contributed by atoms with van der Waals surface area (Å²) in [6, 6.07) is 6.25. The molecular weight excluding hydrogens is 410 g/mol. The molecule has 1 heterocycles. The van der Waals surface area contributed by atoms with Crippen molar-refractivity contribution in [3.05, 3.63) is 52.6 Å². The van der Waals surface area contributed by atoms with Crippen LogP contribution in [0.1, 0.15) is 41.2 Å². The van der Waals surface area contributed by atoms with Crippen LogP contribution in [0.15, 0.2) is 24.3 Å². The van der Waals surface area contributed by atoms with Gasteiger partial charge in [-0.15, -0.1) is 0 Å². The number of hydrogen-bond donors (Lipinski definition) is 2. The van der Waals surface area contributed by atoms with Crippen LogP contribution in [-0.2, 0) is 28.9 Å². The van der Waals surface area contributed by atoms with E-state index in [1.807, 2.05) is 6.92 Å². The standard InChI is InChI=1S/C17H22FN3O2.C2HF3O2/c1-3-15-14(11-12-5-7-13(18)8-6-12)16(17(22)23-4-2)20-21(15)10-9-19;3-2(4,5)1(6)7/h5-8H,3-4,9-11,19H2,1-2H3;(H,6,7). The maximum atomic E-state index is 13.1. The first-order chi connectivity index (χ1) is 14.0. The van der Waals surface area contributed by atoms with Gasteiger partial charge in [0.1, 0.15) is 5.82 Å². The number of carbonyl (C=O) groups excluding carboxylic acids is 1. The van der Waals surface area contributed by atoms with Crippen LogP contribution in [0.2, 0.25) is 0 Å². The maximum Gasteiger partial charge on any atom is 0.490 e. The average molecular weight is 433 g/mol. The third kappa shape index (κ3) is 7.14. The Morgan fingerprint density at radius 2 is 1.77 bits per heavy atom. The first kappa shape index (κ1) is 25.1. The van der Waals surface area contributed by atoms with Gasteiger partial charge in [-0.25, -0.2) is 14.0 Å². The van der Waals surface area contributed by atoms with Gasteiger partial charge >= 0.3 is 18.1 Å². The minimum absolute atomic E-state index is 0.283. The van der Waals surface area contributed by atoms with Crippen molar-refractivity contribution in [2.75, 3.05) is 13.2 Å². The summed E-state index contributed by atoms with van der Waals surface area (Å²) in [4.78, 5) is 21.1. The zero-order chi connectivity index (χ0) is 22.9. The monoisotopic (exact) mass is 433 g/mol. The lowest BCUT2D eigenvalue weighted by atomic mass is 10.0. The van der Waals surface area contributed by atoms with E-state index in [0.29, 0.717) is 31.8 Å². The number of nitrogens with zero attached hydrogens (tertiary/aromatic N) is 2. The molecule has 0 amide bonds. The first-order valence-corrected chi connectivity index (χ1v) is 9.05. The summed E-state index contributed by atoms with van der Waals surface area (Å²) in [5, 5.41) is 11.5. The predicted molar refractivity (Wildman–Crippen MR) is 99.5 cm³/mol. The fraction of sp³-hybridized carbons (Fsp3) is 0.421. The van der Waals surface area contributed by atoms with Gasteiger partial charge in [0, 0.05) is 24.2 Å². The average Bonchev–Trinajstić information content (AvgIpc) is 3.01. The number of nitrogens with two attached hydrogens (primary N) is 1. The maximum absolute atomic E-state index is 13.1. The molecule has 3 N–H and O–H groups in total. The quantitative estimate of drug-likeness (QED) is 0.514. The zero-order valence-corrected chi connectivity index (χ0v) is 16.5. The Morgan fingerprint density at radius 1 is 1.20 bits per heavy atom. The molecule has 0 radical (unpaired) electrons. The number of benzene rings is 1. The van der Waals surface area contributed by atoms with Crippen LogP contribution in [0.5, 0.6) is 0 Å². The van der Waals surface area contributed by atoms with E-state index in [4.69, 9.17) is 20.4 Å². The molecule has 2 rings (SSSR count). The van der Waals surface area contributed by atoms with E-state index in [0.717, 1.165) is 23.2 Å². The highest BCUT2D eigenvalue weighted by atomic mass is 19.4. The van der Waals surface area contributed by atoms with E-state index >= 15 is 0 Å². The van der Waals surface area contributed by atoms with Crippen LogP contribution < -0.4 is 5.73 Å². The Hall–Kier alpha value is -2.95. The minimum atomic E-state index is -5.08. The molecule has 7 nitrogen and oxygen atoms in total. The van der Waals surface area contributed by atoms with E-state index in [2.05, 4.69) is 5.10 Å². The summed E-state index contributed by atoms with van der Waals surface area (Å²) >= 11 is 0. The Balaban J connectivity index is 0.000000553. The van der Waals surface area contributed by atoms with Crippen molar-refractivity contribution in [2.24, 2.45) is 5.73 Å². The van der Waals surface area contributed by atoms with E-state index in [-0.39, 0.29) is 5.82 Å². The number of carbonyl (C=O) groups is 2. The van der Waals surface area contributed by atoms with Crippen LogP contribution in [-0.4, -0.2) is 46.2 Å². The molecule has 1 aromatic carbocycles. The molecule has 0 bridgehead atoms. The molecule has 0 spiro atoms. The van der Waals surface area contributed by atoms with Gasteiger partial charge in [-0.05, 0) is 31.0 Å². The fourth-order valence-electron chi connectivity index (χ4n) is 2.59. The second-order valence-electron chi connectivity index (χ2n) is 5.97. The molecule has 11 heteroatoms. The molecule has 166 valence electrons. The highest BCUT2D eigenvalue weighted by Gasteiger charge is 2.38. The smallest absolute Gasteiger partial charge is 0.475 e. The summed E-state index contributed by atoms with van der Waals surface area (Å²) in [5.41, 5.74) is 8.65. The van der Waals surface area contributed by atoms with Gasteiger partial charge in [0.25, 0.3) is 0 Å². The third-order valence-corrected chi connectivity index (χ3v) is 3.85. The zero-order valence-electron chi connectivity index (χ0n) is 16.5. The highest BCUT2D eigenvalue weighted by molar-refractivity contribution is 5.89. The molecule has 0 aliphatic heterocycles. The number of ether oxygens (including phenoxy) is 1. The largest absolute Gasteiger partial charge is 0.490 e. The van der Waals surface area contributed by atoms with Crippen molar-refractivity contribution in [3.8, 4) is 0 Å². The van der Waals surface area contributed by atoms with Crippen LogP contribution in [0.3, 0.4) is 0 Å². The van der Waals surface area contributed by atoms with Crippen LogP contribution >= 0.6 is 0 Å². The lowest BCUT2D eigenvalue weighted by Crippen LogP contribution is -2.21. The van der Waals surface area contributed by atoms with Gasteiger partial charge in [-0.3, -0.25) is 4.68 Å². The molecule has 2 aromatic rings. The predicted octanol–water partition coefficient (Wildman–Crippen LogP) is 2.94. The Morgan fingerprint density at radius 3 is 2.20 bits per heavy atom. The molecular formula is C19H23F4N3O4. The van der Waals surface area contributed by atoms with Crippen molar-refractivity contribution < 1.29 is 37.0 Å². The number of carboxylic acids is 1. The minimum Gasteiger partial charge on any atom is -0.475 e. The number of alkyl halides is 3. The Kier molecular flexibility index (Phi) is 9.44. The number of hydrogen-bond acceptors (Lipinski definition) is 5. The van der Waals surface area contributed by atoms with Crippen LogP contribution in [0, 0.1) is 5.82 Å². The topological polar surface area (TPSA) is 107 Å². The van der Waals surface area contributed by atoms with Crippen molar-refractivity contribution in [2.45, 2.75) is 39.4 Å². The number of aromatic nitrogens is 2. The number of carboxylic acid groups (broad SMARTS) is 1. The second kappa shape index (κ2) is 11.3. The molecule has 0 fully saturated rings. The lowest BCUT2D eigenvalue weighted by Gasteiger charge is -2.07. The van der Waals surface area contributed by atoms with Crippen LogP contribution in [0.25, 0.3) is 0 Å².